The number of morpholine rings is 1. The first-order chi connectivity index (χ1) is 16.6. The fourth-order valence-corrected chi connectivity index (χ4v) is 4.65. The number of hydrogen-bond donors (Lipinski definition) is 1. The molecule has 9 nitrogen and oxygen atoms in total. The Morgan fingerprint density at radius 3 is 2.41 bits per heavy atom. The van der Waals surface area contributed by atoms with Crippen molar-refractivity contribution in [1.29, 1.82) is 0 Å². The molecule has 2 fully saturated rings. The van der Waals surface area contributed by atoms with E-state index >= 15 is 0 Å². The van der Waals surface area contributed by atoms with E-state index in [2.05, 4.69) is 22.0 Å². The molecule has 2 aliphatic heterocycles. The average Bonchev–Trinajstić information content (AvgIpc) is 3.25. The van der Waals surface area contributed by atoms with Gasteiger partial charge in [-0.15, -0.1) is 0 Å². The van der Waals surface area contributed by atoms with Crippen LogP contribution in [0.1, 0.15) is 23.7 Å². The van der Waals surface area contributed by atoms with E-state index in [0.717, 1.165) is 51.2 Å². The summed E-state index contributed by atoms with van der Waals surface area (Å²) in [6.07, 6.45) is 2.44. The first-order valence-electron chi connectivity index (χ1n) is 12.3. The van der Waals surface area contributed by atoms with Crippen LogP contribution in [0.4, 0.5) is 0 Å². The van der Waals surface area contributed by atoms with Gasteiger partial charge in [0.25, 0.3) is 11.7 Å². The van der Waals surface area contributed by atoms with Gasteiger partial charge in [0.15, 0.2) is 0 Å². The lowest BCUT2D eigenvalue weighted by Crippen LogP contribution is -2.46. The second-order valence-electron chi connectivity index (χ2n) is 8.90. The monoisotopic (exact) mass is 469 g/mol. The molecule has 0 bridgehead atoms. The molecule has 0 radical (unpaired) electrons. The second-order valence-corrected chi connectivity index (χ2v) is 8.90. The van der Waals surface area contributed by atoms with Gasteiger partial charge in [-0.2, -0.15) is 0 Å². The third kappa shape index (κ3) is 5.84. The van der Waals surface area contributed by atoms with Crippen LogP contribution in [0.3, 0.4) is 0 Å². The lowest BCUT2D eigenvalue weighted by Gasteiger charge is -2.33. The summed E-state index contributed by atoms with van der Waals surface area (Å²) in [7, 11) is 0. The van der Waals surface area contributed by atoms with Crippen LogP contribution in [0, 0.1) is 0 Å². The molecular formula is C25H35N5O4. The smallest absolute Gasteiger partial charge is 0.292 e. The Bertz CT molecular complexity index is 1010. The Kier molecular flexibility index (Phi) is 8.31. The topological polar surface area (TPSA) is 87.1 Å². The summed E-state index contributed by atoms with van der Waals surface area (Å²) in [5.41, 5.74) is 1.10. The van der Waals surface area contributed by atoms with Gasteiger partial charge in [-0.1, -0.05) is 25.1 Å². The summed E-state index contributed by atoms with van der Waals surface area (Å²) >= 11 is 0. The highest BCUT2D eigenvalue weighted by molar-refractivity contribution is 6.45. The maximum atomic E-state index is 13.0. The summed E-state index contributed by atoms with van der Waals surface area (Å²) in [4.78, 5) is 44.9. The van der Waals surface area contributed by atoms with Crippen molar-refractivity contribution in [2.24, 2.45) is 0 Å². The summed E-state index contributed by atoms with van der Waals surface area (Å²) in [5.74, 6) is -1.18. The Hall–Kier alpha value is -2.75. The first-order valence-corrected chi connectivity index (χ1v) is 12.3. The molecule has 0 atom stereocenters. The second kappa shape index (κ2) is 11.6. The Morgan fingerprint density at radius 1 is 0.971 bits per heavy atom. The first kappa shape index (κ1) is 24.4. The van der Waals surface area contributed by atoms with Crippen molar-refractivity contribution in [2.45, 2.75) is 19.9 Å². The van der Waals surface area contributed by atoms with Crippen molar-refractivity contribution in [3.63, 3.8) is 0 Å². The molecule has 4 rings (SSSR count). The van der Waals surface area contributed by atoms with E-state index in [1.165, 1.54) is 0 Å². The molecule has 0 saturated carbocycles. The zero-order valence-corrected chi connectivity index (χ0v) is 20.0. The standard InChI is InChI=1S/C25H35N5O4/c1-2-27-10-12-28(13-11-27)9-5-8-26-25(33)24(32)21-18-30(22-7-4-3-6-20(21)22)19-23(31)29-14-16-34-17-15-29/h3-4,6-7,18H,2,5,8-17,19H2,1H3,(H,26,33). The number of fused-ring (bicyclic) bond motifs is 1. The van der Waals surface area contributed by atoms with Crippen LogP contribution in [0.15, 0.2) is 30.5 Å². The van der Waals surface area contributed by atoms with Gasteiger partial charge in [-0.3, -0.25) is 14.4 Å². The SMILES string of the molecule is CCN1CCN(CCCNC(=O)C(=O)c2cn(CC(=O)N3CCOCC3)c3ccccc23)CC1. The number of para-hydroxylation sites is 1. The molecule has 34 heavy (non-hydrogen) atoms. The van der Waals surface area contributed by atoms with E-state index in [-0.39, 0.29) is 12.5 Å². The van der Waals surface area contributed by atoms with Gasteiger partial charge < -0.3 is 29.3 Å². The van der Waals surface area contributed by atoms with E-state index in [1.807, 2.05) is 24.3 Å². The minimum atomic E-state index is -0.599. The number of ether oxygens (including phenoxy) is 1. The molecule has 0 spiro atoms. The van der Waals surface area contributed by atoms with Crippen LogP contribution in [0.25, 0.3) is 10.9 Å². The molecule has 0 unspecified atom stereocenters. The minimum absolute atomic E-state index is 0.0210. The maximum Gasteiger partial charge on any atom is 0.292 e. The number of ketones is 1. The third-order valence-corrected chi connectivity index (χ3v) is 6.76. The summed E-state index contributed by atoms with van der Waals surface area (Å²) in [6.45, 7) is 11.2. The highest BCUT2D eigenvalue weighted by Gasteiger charge is 2.24. The fourth-order valence-electron chi connectivity index (χ4n) is 4.65. The zero-order chi connectivity index (χ0) is 23.9. The van der Waals surface area contributed by atoms with Gasteiger partial charge >= 0.3 is 0 Å². The highest BCUT2D eigenvalue weighted by atomic mass is 16.5. The quantitative estimate of drug-likeness (QED) is 0.333. The largest absolute Gasteiger partial charge is 0.378 e. The molecule has 9 heteroatoms. The molecule has 2 saturated heterocycles. The predicted octanol–water partition coefficient (Wildman–Crippen LogP) is 0.827. The number of Topliss-reactive ketones (excluding diaryl/α,β-unsaturated/α-hetero) is 1. The van der Waals surface area contributed by atoms with Crippen molar-refractivity contribution >= 4 is 28.5 Å². The number of piperazine rings is 1. The molecule has 184 valence electrons. The molecule has 0 aliphatic carbocycles. The minimum Gasteiger partial charge on any atom is -0.378 e. The van der Waals surface area contributed by atoms with E-state index < -0.39 is 11.7 Å². The molecule has 3 heterocycles. The summed E-state index contributed by atoms with van der Waals surface area (Å²) < 4.78 is 7.09. The van der Waals surface area contributed by atoms with Crippen LogP contribution in [0.5, 0.6) is 0 Å². The lowest BCUT2D eigenvalue weighted by atomic mass is 10.1. The van der Waals surface area contributed by atoms with E-state index in [0.29, 0.717) is 43.8 Å². The highest BCUT2D eigenvalue weighted by Crippen LogP contribution is 2.22. The number of rotatable bonds is 9. The van der Waals surface area contributed by atoms with Crippen molar-refractivity contribution in [3.8, 4) is 0 Å². The zero-order valence-electron chi connectivity index (χ0n) is 20.0. The number of aromatic nitrogens is 1. The molecule has 1 N–H and O–H groups in total. The Morgan fingerprint density at radius 2 is 1.68 bits per heavy atom. The predicted molar refractivity (Wildman–Crippen MR) is 130 cm³/mol. The number of carbonyl (C=O) groups excluding carboxylic acids is 3. The van der Waals surface area contributed by atoms with Gasteiger partial charge in [0, 0.05) is 62.9 Å². The number of benzene rings is 1. The average molecular weight is 470 g/mol. The van der Waals surface area contributed by atoms with Gasteiger partial charge in [-0.25, -0.2) is 0 Å². The number of carbonyl (C=O) groups is 3. The third-order valence-electron chi connectivity index (χ3n) is 6.76. The van der Waals surface area contributed by atoms with Crippen molar-refractivity contribution in [1.82, 2.24) is 24.6 Å². The number of nitrogens with zero attached hydrogens (tertiary/aromatic N) is 4. The van der Waals surface area contributed by atoms with Crippen LogP contribution in [-0.2, 0) is 20.9 Å². The van der Waals surface area contributed by atoms with E-state index in [1.54, 1.807) is 15.7 Å². The molecule has 2 amide bonds. The normalized spacial score (nSPS) is 17.7. The fraction of sp³-hybridized carbons (Fsp3) is 0.560. The van der Waals surface area contributed by atoms with E-state index in [4.69, 9.17) is 4.74 Å². The van der Waals surface area contributed by atoms with Gasteiger partial charge in [0.2, 0.25) is 5.91 Å². The van der Waals surface area contributed by atoms with Crippen LogP contribution < -0.4 is 5.32 Å². The van der Waals surface area contributed by atoms with Crippen LogP contribution >= 0.6 is 0 Å². The van der Waals surface area contributed by atoms with Gasteiger partial charge in [-0.05, 0) is 25.6 Å². The number of hydrogen-bond acceptors (Lipinski definition) is 6. The lowest BCUT2D eigenvalue weighted by molar-refractivity contribution is -0.135. The number of nitrogens with one attached hydrogen (secondary N) is 1. The van der Waals surface area contributed by atoms with Crippen molar-refractivity contribution < 1.29 is 19.1 Å². The Labute approximate surface area is 200 Å². The van der Waals surface area contributed by atoms with Gasteiger partial charge in [0.1, 0.15) is 6.54 Å². The molecular weight excluding hydrogens is 434 g/mol. The van der Waals surface area contributed by atoms with Crippen molar-refractivity contribution in [2.75, 3.05) is 72.1 Å². The molecule has 2 aromatic rings. The summed E-state index contributed by atoms with van der Waals surface area (Å²) in [5, 5.41) is 3.47. The number of likely N-dealkylation sites (N-methyl/N-ethyl adjacent to an activating group) is 1. The van der Waals surface area contributed by atoms with Crippen molar-refractivity contribution in [3.05, 3.63) is 36.0 Å². The van der Waals surface area contributed by atoms with E-state index in [9.17, 15) is 14.4 Å². The van der Waals surface area contributed by atoms with Gasteiger partial charge in [0.05, 0.1) is 18.8 Å². The maximum absolute atomic E-state index is 13.0. The van der Waals surface area contributed by atoms with Crippen LogP contribution in [0.2, 0.25) is 0 Å². The van der Waals surface area contributed by atoms with Crippen LogP contribution in [-0.4, -0.2) is 109 Å². The summed E-state index contributed by atoms with van der Waals surface area (Å²) in [6, 6.07) is 7.40. The molecule has 2 aliphatic rings. The molecule has 1 aromatic carbocycles. The Balaban J connectivity index is 1.33. The molecule has 1 aromatic heterocycles. The number of amides is 2.